The number of benzene rings is 1. The van der Waals surface area contributed by atoms with E-state index >= 15 is 0 Å². The first-order valence-electron chi connectivity index (χ1n) is 6.52. The second-order valence-corrected chi connectivity index (χ2v) is 7.48. The normalized spacial score (nSPS) is 19.5. The predicted molar refractivity (Wildman–Crippen MR) is 85.9 cm³/mol. The lowest BCUT2D eigenvalue weighted by Crippen LogP contribution is -2.37. The Morgan fingerprint density at radius 2 is 2.16 bits per heavy atom. The van der Waals surface area contributed by atoms with Gasteiger partial charge in [0.2, 0.25) is 0 Å². The molecule has 2 atom stereocenters. The van der Waals surface area contributed by atoms with Crippen LogP contribution in [0.5, 0.6) is 0 Å². The topological polar surface area (TPSA) is 29.3 Å². The molecule has 4 heteroatoms. The highest BCUT2D eigenvalue weighted by Gasteiger charge is 2.32. The number of nitrogens with zero attached hydrogens (tertiary/aromatic N) is 1. The van der Waals surface area contributed by atoms with E-state index in [1.807, 2.05) is 0 Å². The molecule has 2 nitrogen and oxygen atoms in total. The van der Waals surface area contributed by atoms with Gasteiger partial charge in [0.15, 0.2) is 0 Å². The molecule has 0 bridgehead atoms. The van der Waals surface area contributed by atoms with Crippen molar-refractivity contribution >= 4 is 33.0 Å². The molecular formula is C15H17BrN2S. The highest BCUT2D eigenvalue weighted by atomic mass is 79.9. The van der Waals surface area contributed by atoms with Crippen LogP contribution in [0.4, 0.5) is 5.69 Å². The summed E-state index contributed by atoms with van der Waals surface area (Å²) in [4.78, 5) is 3.81. The molecule has 0 saturated heterocycles. The first kappa shape index (κ1) is 13.2. The summed E-state index contributed by atoms with van der Waals surface area (Å²) in [5.41, 5.74) is 8.84. The van der Waals surface area contributed by atoms with Gasteiger partial charge in [-0.25, -0.2) is 0 Å². The third kappa shape index (κ3) is 2.33. The van der Waals surface area contributed by atoms with E-state index in [9.17, 15) is 0 Å². The number of anilines is 1. The quantitative estimate of drug-likeness (QED) is 0.919. The Hall–Kier alpha value is -0.840. The predicted octanol–water partition coefficient (Wildman–Crippen LogP) is 3.96. The van der Waals surface area contributed by atoms with Gasteiger partial charge in [0, 0.05) is 23.2 Å². The van der Waals surface area contributed by atoms with Crippen LogP contribution in [0.25, 0.3) is 0 Å². The fraction of sp³-hybridized carbons (Fsp3) is 0.333. The minimum absolute atomic E-state index is 0.273. The fourth-order valence-corrected chi connectivity index (χ4v) is 4.47. The van der Waals surface area contributed by atoms with Crippen LogP contribution in [0, 0.1) is 0 Å². The molecule has 0 amide bonds. The maximum absolute atomic E-state index is 6.06. The lowest BCUT2D eigenvalue weighted by atomic mass is 10.1. The summed E-state index contributed by atoms with van der Waals surface area (Å²) in [6.45, 7) is 2.93. The second-order valence-electron chi connectivity index (χ2n) is 4.98. The van der Waals surface area contributed by atoms with Crippen molar-refractivity contribution in [2.24, 2.45) is 5.73 Å². The zero-order chi connectivity index (χ0) is 13.4. The Bertz CT molecular complexity index is 581. The smallest absolute Gasteiger partial charge is 0.0760 e. The first-order chi connectivity index (χ1) is 9.20. The molecule has 0 radical (unpaired) electrons. The van der Waals surface area contributed by atoms with Gasteiger partial charge in [0.25, 0.3) is 0 Å². The largest absolute Gasteiger partial charge is 0.359 e. The summed E-state index contributed by atoms with van der Waals surface area (Å²) in [5.74, 6) is 0. The van der Waals surface area contributed by atoms with E-state index < -0.39 is 0 Å². The van der Waals surface area contributed by atoms with Gasteiger partial charge in [-0.15, -0.1) is 11.3 Å². The average molecular weight is 337 g/mol. The molecule has 0 aliphatic carbocycles. The van der Waals surface area contributed by atoms with Gasteiger partial charge in [0.05, 0.1) is 9.83 Å². The van der Waals surface area contributed by atoms with E-state index in [0.29, 0.717) is 12.6 Å². The first-order valence-corrected chi connectivity index (χ1v) is 8.13. The number of fused-ring (bicyclic) bond motifs is 1. The molecule has 100 valence electrons. The molecule has 2 N–H and O–H groups in total. The van der Waals surface area contributed by atoms with E-state index in [-0.39, 0.29) is 6.04 Å². The summed E-state index contributed by atoms with van der Waals surface area (Å²) < 4.78 is 1.17. The Morgan fingerprint density at radius 3 is 2.84 bits per heavy atom. The summed E-state index contributed by atoms with van der Waals surface area (Å²) in [7, 11) is 0. The van der Waals surface area contributed by atoms with E-state index in [4.69, 9.17) is 5.73 Å². The van der Waals surface area contributed by atoms with Crippen LogP contribution in [0.2, 0.25) is 0 Å². The van der Waals surface area contributed by atoms with Crippen molar-refractivity contribution in [3.05, 3.63) is 50.6 Å². The molecule has 0 spiro atoms. The zero-order valence-electron chi connectivity index (χ0n) is 10.8. The highest BCUT2D eigenvalue weighted by molar-refractivity contribution is 9.11. The summed E-state index contributed by atoms with van der Waals surface area (Å²) in [6, 6.07) is 13.7. The van der Waals surface area contributed by atoms with Gasteiger partial charge in [-0.05, 0) is 53.0 Å². The molecule has 2 aromatic rings. The van der Waals surface area contributed by atoms with Crippen molar-refractivity contribution in [2.45, 2.75) is 25.4 Å². The van der Waals surface area contributed by atoms with Gasteiger partial charge in [-0.1, -0.05) is 18.2 Å². The minimum atomic E-state index is 0.273. The van der Waals surface area contributed by atoms with Crippen molar-refractivity contribution in [2.75, 3.05) is 11.4 Å². The molecular weight excluding hydrogens is 320 g/mol. The Balaban J connectivity index is 2.00. The number of thiophene rings is 1. The Kier molecular flexibility index (Phi) is 3.65. The standard InChI is InChI=1S/C15H17BrN2S/c1-10-8-11-4-2-3-5-12(11)18(10)13(9-17)14-6-7-15(16)19-14/h2-7,10,13H,8-9,17H2,1H3. The molecule has 2 unspecified atom stereocenters. The zero-order valence-corrected chi connectivity index (χ0v) is 13.2. The summed E-state index contributed by atoms with van der Waals surface area (Å²) in [6.07, 6.45) is 1.11. The number of hydrogen-bond acceptors (Lipinski definition) is 3. The van der Waals surface area contributed by atoms with E-state index in [0.717, 1.165) is 6.42 Å². The number of para-hydroxylation sites is 1. The van der Waals surface area contributed by atoms with Crippen molar-refractivity contribution in [3.63, 3.8) is 0 Å². The van der Waals surface area contributed by atoms with Crippen molar-refractivity contribution < 1.29 is 0 Å². The molecule has 0 fully saturated rings. The lowest BCUT2D eigenvalue weighted by molar-refractivity contribution is 0.575. The number of hydrogen-bond donors (Lipinski definition) is 1. The maximum Gasteiger partial charge on any atom is 0.0760 e. The molecule has 19 heavy (non-hydrogen) atoms. The third-order valence-electron chi connectivity index (χ3n) is 3.74. The van der Waals surface area contributed by atoms with Crippen LogP contribution < -0.4 is 10.6 Å². The van der Waals surface area contributed by atoms with Crippen LogP contribution in [0.1, 0.15) is 23.4 Å². The van der Waals surface area contributed by atoms with Crippen LogP contribution >= 0.6 is 27.3 Å². The summed E-state index contributed by atoms with van der Waals surface area (Å²) >= 11 is 5.32. The SMILES string of the molecule is CC1Cc2ccccc2N1C(CN)c1ccc(Br)s1. The highest BCUT2D eigenvalue weighted by Crippen LogP contribution is 2.40. The molecule has 3 rings (SSSR count). The molecule has 1 aliphatic heterocycles. The molecule has 0 saturated carbocycles. The third-order valence-corrected chi connectivity index (χ3v) is 5.47. The van der Waals surface area contributed by atoms with Gasteiger partial charge >= 0.3 is 0 Å². The summed E-state index contributed by atoms with van der Waals surface area (Å²) in [5, 5.41) is 0. The minimum Gasteiger partial charge on any atom is -0.359 e. The molecule has 1 aromatic heterocycles. The van der Waals surface area contributed by atoms with E-state index in [2.05, 4.69) is 64.2 Å². The average Bonchev–Trinajstić information content (AvgIpc) is 2.96. The Labute approximate surface area is 126 Å². The molecule has 1 aromatic carbocycles. The van der Waals surface area contributed by atoms with Crippen molar-refractivity contribution in [1.29, 1.82) is 0 Å². The molecule has 2 heterocycles. The van der Waals surface area contributed by atoms with Crippen LogP contribution in [-0.2, 0) is 6.42 Å². The van der Waals surface area contributed by atoms with Gasteiger partial charge in [-0.2, -0.15) is 0 Å². The maximum atomic E-state index is 6.06. The monoisotopic (exact) mass is 336 g/mol. The van der Waals surface area contributed by atoms with Crippen LogP contribution in [0.3, 0.4) is 0 Å². The molecule has 1 aliphatic rings. The fourth-order valence-electron chi connectivity index (χ4n) is 2.94. The van der Waals surface area contributed by atoms with Crippen molar-refractivity contribution in [1.82, 2.24) is 0 Å². The van der Waals surface area contributed by atoms with Gasteiger partial charge < -0.3 is 10.6 Å². The van der Waals surface area contributed by atoms with Crippen LogP contribution in [-0.4, -0.2) is 12.6 Å². The number of halogens is 1. The van der Waals surface area contributed by atoms with E-state index in [1.165, 1.54) is 19.9 Å². The second kappa shape index (κ2) is 5.27. The van der Waals surface area contributed by atoms with Gasteiger partial charge in [-0.3, -0.25) is 0 Å². The van der Waals surface area contributed by atoms with E-state index in [1.54, 1.807) is 11.3 Å². The number of rotatable bonds is 3. The number of nitrogens with two attached hydrogens (primary N) is 1. The van der Waals surface area contributed by atoms with Gasteiger partial charge in [0.1, 0.15) is 0 Å². The Morgan fingerprint density at radius 1 is 1.37 bits per heavy atom. The lowest BCUT2D eigenvalue weighted by Gasteiger charge is -2.33. The van der Waals surface area contributed by atoms with Crippen molar-refractivity contribution in [3.8, 4) is 0 Å². The van der Waals surface area contributed by atoms with Crippen LogP contribution in [0.15, 0.2) is 40.2 Å².